The van der Waals surface area contributed by atoms with Crippen molar-refractivity contribution >= 4 is 29.1 Å². The number of halogens is 1. The van der Waals surface area contributed by atoms with Crippen LogP contribution in [-0.2, 0) is 14.3 Å². The lowest BCUT2D eigenvalue weighted by atomic mass is 9.95. The number of methoxy groups -OCH3 is 1. The Kier molecular flexibility index (Phi) is 6.91. The minimum atomic E-state index is -0.797. The van der Waals surface area contributed by atoms with Crippen molar-refractivity contribution in [2.75, 3.05) is 26.9 Å². The minimum absolute atomic E-state index is 0.0199. The maximum absolute atomic E-state index is 13.1. The molecule has 2 fully saturated rings. The summed E-state index contributed by atoms with van der Waals surface area (Å²) in [5.41, 5.74) is 1.05. The lowest BCUT2D eigenvalue weighted by Crippen LogP contribution is -2.36. The van der Waals surface area contributed by atoms with E-state index in [1.807, 2.05) is 6.92 Å². The lowest BCUT2D eigenvalue weighted by molar-refractivity contribution is -0.140. The topological polar surface area (TPSA) is 85.3 Å². The molecule has 2 unspecified atom stereocenters. The van der Waals surface area contributed by atoms with Crippen molar-refractivity contribution in [3.63, 3.8) is 0 Å². The predicted molar refractivity (Wildman–Crippen MR) is 124 cm³/mol. The number of amides is 1. The zero-order chi connectivity index (χ0) is 23.5. The molecule has 0 saturated carbocycles. The second-order valence-electron chi connectivity index (χ2n) is 7.94. The lowest BCUT2D eigenvalue weighted by Gasteiger charge is -2.28. The first-order valence-corrected chi connectivity index (χ1v) is 11.3. The average molecular weight is 472 g/mol. The summed E-state index contributed by atoms with van der Waals surface area (Å²) in [5, 5.41) is 11.6. The zero-order valence-electron chi connectivity index (χ0n) is 18.5. The van der Waals surface area contributed by atoms with Crippen LogP contribution in [0.4, 0.5) is 0 Å². The van der Waals surface area contributed by atoms with E-state index >= 15 is 0 Å². The fourth-order valence-electron chi connectivity index (χ4n) is 4.31. The Morgan fingerprint density at radius 3 is 2.58 bits per heavy atom. The molecule has 2 aromatic rings. The van der Waals surface area contributed by atoms with Gasteiger partial charge in [-0.1, -0.05) is 17.7 Å². The van der Waals surface area contributed by atoms with Crippen molar-refractivity contribution in [3.8, 4) is 11.5 Å². The Morgan fingerprint density at radius 2 is 1.94 bits per heavy atom. The second kappa shape index (κ2) is 9.85. The summed E-state index contributed by atoms with van der Waals surface area (Å²) in [6.07, 6.45) is 1.55. The van der Waals surface area contributed by atoms with Crippen molar-refractivity contribution in [2.45, 2.75) is 31.9 Å². The number of nitrogens with zero attached hydrogens (tertiary/aromatic N) is 1. The van der Waals surface area contributed by atoms with Gasteiger partial charge in [0, 0.05) is 23.7 Å². The Labute approximate surface area is 197 Å². The highest BCUT2D eigenvalue weighted by molar-refractivity contribution is 6.46. The van der Waals surface area contributed by atoms with E-state index in [4.69, 9.17) is 25.8 Å². The van der Waals surface area contributed by atoms with Crippen LogP contribution in [-0.4, -0.2) is 54.7 Å². The molecule has 8 heteroatoms. The number of aliphatic hydroxyl groups is 1. The smallest absolute Gasteiger partial charge is 0.295 e. The van der Waals surface area contributed by atoms with Crippen molar-refractivity contribution < 1.29 is 28.9 Å². The van der Waals surface area contributed by atoms with E-state index in [1.165, 1.54) is 12.0 Å². The first-order chi connectivity index (χ1) is 15.9. The van der Waals surface area contributed by atoms with Crippen molar-refractivity contribution in [1.82, 2.24) is 4.90 Å². The highest BCUT2D eigenvalue weighted by atomic mass is 35.5. The number of ketones is 1. The number of likely N-dealkylation sites (tertiary alicyclic amines) is 1. The van der Waals surface area contributed by atoms with Gasteiger partial charge in [-0.15, -0.1) is 0 Å². The van der Waals surface area contributed by atoms with Crippen molar-refractivity contribution in [3.05, 3.63) is 64.2 Å². The minimum Gasteiger partial charge on any atom is -0.507 e. The normalized spacial score (nSPS) is 22.1. The Balaban J connectivity index is 1.83. The van der Waals surface area contributed by atoms with Crippen LogP contribution in [0.3, 0.4) is 0 Å². The van der Waals surface area contributed by atoms with E-state index in [2.05, 4.69) is 0 Å². The standard InChI is InChI=1S/C25H26ClNO6/c1-3-32-19-11-8-16(13-20(19)31-2)22-21(23(28)15-6-9-17(26)10-7-15)24(29)25(30)27(22)14-18-5-4-12-33-18/h6-11,13,18,22,28H,3-5,12,14H2,1-2H3/b23-21+. The van der Waals surface area contributed by atoms with Gasteiger partial charge < -0.3 is 24.2 Å². The van der Waals surface area contributed by atoms with Crippen LogP contribution in [0, 0.1) is 0 Å². The van der Waals surface area contributed by atoms with Crippen LogP contribution < -0.4 is 9.47 Å². The molecule has 2 heterocycles. The van der Waals surface area contributed by atoms with Crippen molar-refractivity contribution in [1.29, 1.82) is 0 Å². The molecule has 7 nitrogen and oxygen atoms in total. The average Bonchev–Trinajstić information content (AvgIpc) is 3.42. The molecule has 2 atom stereocenters. The van der Waals surface area contributed by atoms with Gasteiger partial charge in [-0.2, -0.15) is 0 Å². The summed E-state index contributed by atoms with van der Waals surface area (Å²) in [5.74, 6) is -0.629. The first-order valence-electron chi connectivity index (χ1n) is 10.9. The highest BCUT2D eigenvalue weighted by Crippen LogP contribution is 2.42. The van der Waals surface area contributed by atoms with Crippen LogP contribution in [0.1, 0.15) is 36.9 Å². The Bertz CT molecular complexity index is 1070. The van der Waals surface area contributed by atoms with E-state index < -0.39 is 17.7 Å². The van der Waals surface area contributed by atoms with Crippen molar-refractivity contribution in [2.24, 2.45) is 0 Å². The molecule has 4 rings (SSSR count). The molecule has 1 N–H and O–H groups in total. The third-order valence-corrected chi connectivity index (χ3v) is 6.14. The number of carbonyl (C=O) groups excluding carboxylic acids is 2. The quantitative estimate of drug-likeness (QED) is 0.367. The SMILES string of the molecule is CCOc1ccc(C2/C(=C(\O)c3ccc(Cl)cc3)C(=O)C(=O)N2CC2CCCO2)cc1OC. The maximum Gasteiger partial charge on any atom is 0.295 e. The molecule has 2 aliphatic rings. The largest absolute Gasteiger partial charge is 0.507 e. The van der Waals surface area contributed by atoms with Gasteiger partial charge in [0.2, 0.25) is 0 Å². The third kappa shape index (κ3) is 4.56. The molecule has 33 heavy (non-hydrogen) atoms. The molecule has 2 aliphatic heterocycles. The maximum atomic E-state index is 13.1. The van der Waals surface area contributed by atoms with Gasteiger partial charge in [-0.3, -0.25) is 9.59 Å². The number of carbonyl (C=O) groups is 2. The molecule has 0 aromatic heterocycles. The summed E-state index contributed by atoms with van der Waals surface area (Å²) >= 11 is 5.98. The second-order valence-corrected chi connectivity index (χ2v) is 8.37. The van der Waals surface area contributed by atoms with Gasteiger partial charge in [0.25, 0.3) is 11.7 Å². The van der Waals surface area contributed by atoms with Crippen LogP contribution in [0.15, 0.2) is 48.0 Å². The number of Topliss-reactive ketones (excluding diaryl/α,β-unsaturated/α-hetero) is 1. The number of hydrogen-bond acceptors (Lipinski definition) is 6. The molecule has 1 amide bonds. The predicted octanol–water partition coefficient (Wildman–Crippen LogP) is 4.35. The highest BCUT2D eigenvalue weighted by Gasteiger charge is 2.47. The number of rotatable bonds is 7. The number of ether oxygens (including phenoxy) is 3. The van der Waals surface area contributed by atoms with E-state index in [9.17, 15) is 14.7 Å². The van der Waals surface area contributed by atoms with Crippen LogP contribution in [0.25, 0.3) is 5.76 Å². The molecule has 0 radical (unpaired) electrons. The van der Waals surface area contributed by atoms with Gasteiger partial charge >= 0.3 is 0 Å². The number of aliphatic hydroxyl groups excluding tert-OH is 1. The summed E-state index contributed by atoms with van der Waals surface area (Å²) in [4.78, 5) is 27.7. The fraction of sp³-hybridized carbons (Fsp3) is 0.360. The summed E-state index contributed by atoms with van der Waals surface area (Å²) in [7, 11) is 1.53. The first kappa shape index (κ1) is 23.1. The van der Waals surface area contributed by atoms with Gasteiger partial charge in [0.1, 0.15) is 5.76 Å². The number of benzene rings is 2. The van der Waals surface area contributed by atoms with Crippen LogP contribution >= 0.6 is 11.6 Å². The monoisotopic (exact) mass is 471 g/mol. The molecular formula is C25H26ClNO6. The van der Waals surface area contributed by atoms with Gasteiger partial charge in [-0.25, -0.2) is 0 Å². The van der Waals surface area contributed by atoms with Gasteiger partial charge in [0.15, 0.2) is 11.5 Å². The van der Waals surface area contributed by atoms with Crippen LogP contribution in [0.2, 0.25) is 5.02 Å². The summed E-state index contributed by atoms with van der Waals surface area (Å²) < 4.78 is 16.8. The van der Waals surface area contributed by atoms with Crippen LogP contribution in [0.5, 0.6) is 11.5 Å². The third-order valence-electron chi connectivity index (χ3n) is 5.89. The van der Waals surface area contributed by atoms with Gasteiger partial charge in [-0.05, 0) is 61.7 Å². The zero-order valence-corrected chi connectivity index (χ0v) is 19.3. The molecule has 2 saturated heterocycles. The number of hydrogen-bond donors (Lipinski definition) is 1. The molecule has 0 spiro atoms. The molecular weight excluding hydrogens is 446 g/mol. The summed E-state index contributed by atoms with van der Waals surface area (Å²) in [6.45, 7) is 3.21. The van der Waals surface area contributed by atoms with E-state index in [0.29, 0.717) is 40.9 Å². The van der Waals surface area contributed by atoms with E-state index in [1.54, 1.807) is 42.5 Å². The van der Waals surface area contributed by atoms with Gasteiger partial charge in [0.05, 0.1) is 31.4 Å². The molecule has 2 aromatic carbocycles. The molecule has 0 bridgehead atoms. The Hall–Kier alpha value is -3.03. The van der Waals surface area contributed by atoms with E-state index in [-0.39, 0.29) is 24.0 Å². The molecule has 174 valence electrons. The molecule has 0 aliphatic carbocycles. The Morgan fingerprint density at radius 1 is 1.18 bits per heavy atom. The summed E-state index contributed by atoms with van der Waals surface area (Å²) in [6, 6.07) is 10.9. The van der Waals surface area contributed by atoms with E-state index in [0.717, 1.165) is 12.8 Å². The fourth-order valence-corrected chi connectivity index (χ4v) is 4.44.